The number of amides is 2. The van der Waals surface area contributed by atoms with Gasteiger partial charge in [-0.2, -0.15) is 0 Å². The fourth-order valence-electron chi connectivity index (χ4n) is 4.15. The number of urea groups is 1. The van der Waals surface area contributed by atoms with E-state index in [4.69, 9.17) is 9.47 Å². The first-order valence-electron chi connectivity index (χ1n) is 10.2. The number of rotatable bonds is 4. The lowest BCUT2D eigenvalue weighted by Crippen LogP contribution is -2.58. The number of carbonyl (C=O) groups excluding carboxylic acids is 1. The van der Waals surface area contributed by atoms with Crippen molar-refractivity contribution in [1.29, 1.82) is 0 Å². The Bertz CT molecular complexity index is 818. The molecule has 1 atom stereocenters. The number of morpholine rings is 1. The molecule has 2 aliphatic rings. The third-order valence-electron chi connectivity index (χ3n) is 5.80. The van der Waals surface area contributed by atoms with Crippen LogP contribution in [0, 0.1) is 5.82 Å². The van der Waals surface area contributed by atoms with Crippen LogP contribution in [0.25, 0.3) is 0 Å². The molecule has 1 spiro atoms. The molecule has 2 aromatic rings. The summed E-state index contributed by atoms with van der Waals surface area (Å²) in [6.07, 6.45) is 2.10. The molecule has 4 rings (SSSR count). The number of benzene rings is 2. The van der Waals surface area contributed by atoms with Crippen molar-refractivity contribution in [1.82, 2.24) is 10.2 Å². The third kappa shape index (κ3) is 4.77. The number of nitrogens with one attached hydrogen (secondary N) is 1. The highest BCUT2D eigenvalue weighted by atomic mass is 19.1. The number of hydrogen-bond donors (Lipinski definition) is 1. The van der Waals surface area contributed by atoms with Gasteiger partial charge in [0.25, 0.3) is 0 Å². The van der Waals surface area contributed by atoms with E-state index in [9.17, 15) is 9.18 Å². The monoisotopic (exact) mass is 398 g/mol. The third-order valence-corrected chi connectivity index (χ3v) is 5.80. The molecule has 2 heterocycles. The Hall–Kier alpha value is -2.44. The molecule has 0 radical (unpaired) electrons. The van der Waals surface area contributed by atoms with E-state index in [1.54, 1.807) is 23.1 Å². The van der Waals surface area contributed by atoms with Crippen LogP contribution in [-0.4, -0.2) is 49.4 Å². The van der Waals surface area contributed by atoms with E-state index in [1.807, 2.05) is 30.3 Å². The Morgan fingerprint density at radius 3 is 2.55 bits per heavy atom. The van der Waals surface area contributed by atoms with Crippen molar-refractivity contribution in [3.05, 3.63) is 71.5 Å². The van der Waals surface area contributed by atoms with E-state index in [2.05, 4.69) is 5.32 Å². The molecule has 0 aliphatic carbocycles. The van der Waals surface area contributed by atoms with Gasteiger partial charge in [0.15, 0.2) is 0 Å². The molecule has 2 aliphatic heterocycles. The zero-order chi connectivity index (χ0) is 20.1. The Morgan fingerprint density at radius 2 is 1.79 bits per heavy atom. The highest BCUT2D eigenvalue weighted by Crippen LogP contribution is 2.29. The summed E-state index contributed by atoms with van der Waals surface area (Å²) in [5.41, 5.74) is 1.23. The second-order valence-corrected chi connectivity index (χ2v) is 7.78. The molecule has 29 heavy (non-hydrogen) atoms. The van der Waals surface area contributed by atoms with Gasteiger partial charge in [0.1, 0.15) is 5.82 Å². The van der Waals surface area contributed by atoms with Gasteiger partial charge in [-0.1, -0.05) is 48.5 Å². The molecule has 0 saturated carbocycles. The Labute approximate surface area is 170 Å². The zero-order valence-corrected chi connectivity index (χ0v) is 16.5. The Kier molecular flexibility index (Phi) is 6.11. The van der Waals surface area contributed by atoms with Crippen LogP contribution < -0.4 is 5.32 Å². The van der Waals surface area contributed by atoms with Crippen molar-refractivity contribution in [2.24, 2.45) is 0 Å². The molecule has 0 aromatic heterocycles. The number of carbonyl (C=O) groups is 1. The van der Waals surface area contributed by atoms with Crippen LogP contribution >= 0.6 is 0 Å². The maximum atomic E-state index is 14.5. The Morgan fingerprint density at radius 1 is 1.07 bits per heavy atom. The van der Waals surface area contributed by atoms with E-state index in [1.165, 1.54) is 6.07 Å². The zero-order valence-electron chi connectivity index (χ0n) is 16.5. The summed E-state index contributed by atoms with van der Waals surface area (Å²) >= 11 is 0. The summed E-state index contributed by atoms with van der Waals surface area (Å²) in [5.74, 6) is -0.309. The summed E-state index contributed by atoms with van der Waals surface area (Å²) < 4.78 is 26.0. The van der Waals surface area contributed by atoms with Crippen molar-refractivity contribution in [3.63, 3.8) is 0 Å². The molecule has 0 bridgehead atoms. The van der Waals surface area contributed by atoms with Gasteiger partial charge in [-0.15, -0.1) is 0 Å². The van der Waals surface area contributed by atoms with E-state index >= 15 is 0 Å². The molecule has 6 heteroatoms. The average Bonchev–Trinajstić information content (AvgIpc) is 2.75. The van der Waals surface area contributed by atoms with Gasteiger partial charge >= 0.3 is 6.03 Å². The van der Waals surface area contributed by atoms with E-state index in [0.29, 0.717) is 44.9 Å². The molecular formula is C23H27FN2O3. The molecule has 2 amide bonds. The van der Waals surface area contributed by atoms with Gasteiger partial charge in [0.2, 0.25) is 0 Å². The predicted octanol–water partition coefficient (Wildman–Crippen LogP) is 3.70. The summed E-state index contributed by atoms with van der Waals surface area (Å²) in [4.78, 5) is 14.9. The molecule has 1 unspecified atom stereocenters. The lowest BCUT2D eigenvalue weighted by atomic mass is 9.92. The molecular weight excluding hydrogens is 371 g/mol. The van der Waals surface area contributed by atoms with Crippen LogP contribution in [0.2, 0.25) is 0 Å². The molecule has 5 nitrogen and oxygen atoms in total. The van der Waals surface area contributed by atoms with Crippen LogP contribution in [0.5, 0.6) is 0 Å². The number of hydrogen-bond acceptors (Lipinski definition) is 3. The minimum atomic E-state index is -0.445. The lowest BCUT2D eigenvalue weighted by Gasteiger charge is -2.45. The topological polar surface area (TPSA) is 50.8 Å². The van der Waals surface area contributed by atoms with Crippen molar-refractivity contribution >= 4 is 6.03 Å². The Balaban J connectivity index is 1.50. The minimum absolute atomic E-state index is 0.177. The number of nitrogens with zero attached hydrogens (tertiary/aromatic N) is 1. The largest absolute Gasteiger partial charge is 0.381 e. The molecule has 2 aromatic carbocycles. The normalized spacial score (nSPS) is 19.7. The first-order valence-corrected chi connectivity index (χ1v) is 10.2. The van der Waals surface area contributed by atoms with Gasteiger partial charge in [0.05, 0.1) is 24.8 Å². The van der Waals surface area contributed by atoms with E-state index in [-0.39, 0.29) is 17.4 Å². The van der Waals surface area contributed by atoms with Crippen molar-refractivity contribution in [2.45, 2.75) is 30.9 Å². The first-order chi connectivity index (χ1) is 14.2. The number of ether oxygens (including phenoxy) is 2. The van der Waals surface area contributed by atoms with Crippen LogP contribution in [0.3, 0.4) is 0 Å². The predicted molar refractivity (Wildman–Crippen MR) is 108 cm³/mol. The van der Waals surface area contributed by atoms with E-state index < -0.39 is 6.04 Å². The van der Waals surface area contributed by atoms with Crippen LogP contribution in [0.4, 0.5) is 9.18 Å². The maximum Gasteiger partial charge on any atom is 0.318 e. The highest BCUT2D eigenvalue weighted by molar-refractivity contribution is 5.75. The summed E-state index contributed by atoms with van der Waals surface area (Å²) in [5, 5.41) is 3.07. The molecule has 2 saturated heterocycles. The summed E-state index contributed by atoms with van der Waals surface area (Å²) in [6.45, 7) is 2.89. The average molecular weight is 398 g/mol. The van der Waals surface area contributed by atoms with Crippen molar-refractivity contribution in [3.8, 4) is 0 Å². The second kappa shape index (κ2) is 8.93. The standard InChI is InChI=1S/C23H27FN2O3/c24-20-9-5-4-8-19(20)21(16-18-6-2-1-3-7-18)25-22(27)26-12-15-29-23(17-26)10-13-28-14-11-23/h1-9,21H,10-17H2,(H,25,27). The molecule has 1 N–H and O–H groups in total. The van der Waals surface area contributed by atoms with Gasteiger partial charge in [-0.05, 0) is 18.1 Å². The van der Waals surface area contributed by atoms with Crippen LogP contribution in [-0.2, 0) is 15.9 Å². The smallest absolute Gasteiger partial charge is 0.318 e. The summed E-state index contributed by atoms with van der Waals surface area (Å²) in [7, 11) is 0. The molecule has 2 fully saturated rings. The van der Waals surface area contributed by atoms with Crippen molar-refractivity contribution < 1.29 is 18.7 Å². The highest BCUT2D eigenvalue weighted by Gasteiger charge is 2.40. The van der Waals surface area contributed by atoms with Crippen LogP contribution in [0.1, 0.15) is 30.0 Å². The quantitative estimate of drug-likeness (QED) is 0.854. The fourth-order valence-corrected chi connectivity index (χ4v) is 4.15. The SMILES string of the molecule is O=C(NC(Cc1ccccc1)c1ccccc1F)N1CCOC2(CCOCC2)C1. The number of halogens is 1. The maximum absolute atomic E-state index is 14.5. The van der Waals surface area contributed by atoms with Gasteiger partial charge in [-0.3, -0.25) is 0 Å². The second-order valence-electron chi connectivity index (χ2n) is 7.78. The summed E-state index contributed by atoms with van der Waals surface area (Å²) in [6, 6.07) is 15.8. The lowest BCUT2D eigenvalue weighted by molar-refractivity contribution is -0.145. The van der Waals surface area contributed by atoms with Crippen molar-refractivity contribution in [2.75, 3.05) is 32.9 Å². The fraction of sp³-hybridized carbons (Fsp3) is 0.435. The molecule has 154 valence electrons. The minimum Gasteiger partial charge on any atom is -0.381 e. The van der Waals surface area contributed by atoms with E-state index in [0.717, 1.165) is 18.4 Å². The van der Waals surface area contributed by atoms with Gasteiger partial charge in [0, 0.05) is 38.2 Å². The van der Waals surface area contributed by atoms with Crippen LogP contribution in [0.15, 0.2) is 54.6 Å². The van der Waals surface area contributed by atoms with Gasteiger partial charge < -0.3 is 19.7 Å². The van der Waals surface area contributed by atoms with Gasteiger partial charge in [-0.25, -0.2) is 9.18 Å². The first kappa shape index (κ1) is 19.9.